The van der Waals surface area contributed by atoms with Gasteiger partial charge in [0, 0.05) is 37.9 Å². The number of aliphatic carboxylic acids is 1. The molecule has 0 aliphatic rings. The highest BCUT2D eigenvalue weighted by molar-refractivity contribution is 7.10. The molecule has 1 N–H and O–H groups in total. The van der Waals surface area contributed by atoms with Crippen LogP contribution in [-0.2, 0) is 27.2 Å². The summed E-state index contributed by atoms with van der Waals surface area (Å²) in [6, 6.07) is 10.2. The predicted octanol–water partition coefficient (Wildman–Crippen LogP) is 5.81. The van der Waals surface area contributed by atoms with Crippen LogP contribution in [-0.4, -0.2) is 48.2 Å². The number of carbonyl (C=O) groups excluding carboxylic acids is 1. The van der Waals surface area contributed by atoms with E-state index in [9.17, 15) is 14.7 Å². The van der Waals surface area contributed by atoms with Crippen LogP contribution >= 0.6 is 11.3 Å². The van der Waals surface area contributed by atoms with Gasteiger partial charge in [-0.05, 0) is 47.9 Å². The van der Waals surface area contributed by atoms with E-state index in [1.807, 2.05) is 36.2 Å². The van der Waals surface area contributed by atoms with Crippen LogP contribution < -0.4 is 0 Å². The molecule has 0 saturated heterocycles. The second-order valence-corrected chi connectivity index (χ2v) is 9.21. The van der Waals surface area contributed by atoms with Crippen LogP contribution in [0.15, 0.2) is 35.7 Å². The van der Waals surface area contributed by atoms with Crippen LogP contribution in [0.1, 0.15) is 62.8 Å². The summed E-state index contributed by atoms with van der Waals surface area (Å²) in [6.45, 7) is 5.12. The molecular formula is C26H37NO4S. The second kappa shape index (κ2) is 14.1. The van der Waals surface area contributed by atoms with E-state index >= 15 is 0 Å². The summed E-state index contributed by atoms with van der Waals surface area (Å²) >= 11 is 1.71. The molecule has 0 fully saturated rings. The lowest BCUT2D eigenvalue weighted by Crippen LogP contribution is -2.28. The van der Waals surface area contributed by atoms with Crippen molar-refractivity contribution in [3.63, 3.8) is 0 Å². The molecule has 1 aromatic heterocycles. The van der Waals surface area contributed by atoms with E-state index in [1.165, 1.54) is 24.1 Å². The van der Waals surface area contributed by atoms with E-state index < -0.39 is 12.1 Å². The van der Waals surface area contributed by atoms with Crippen molar-refractivity contribution in [2.24, 2.45) is 0 Å². The van der Waals surface area contributed by atoms with Crippen LogP contribution in [0.5, 0.6) is 0 Å². The Morgan fingerprint density at radius 1 is 1.06 bits per heavy atom. The van der Waals surface area contributed by atoms with Crippen LogP contribution in [0.3, 0.4) is 0 Å². The number of carbonyl (C=O) groups is 2. The molecule has 0 unspecified atom stereocenters. The Labute approximate surface area is 196 Å². The minimum absolute atomic E-state index is 0.237. The van der Waals surface area contributed by atoms with Gasteiger partial charge in [0.1, 0.15) is 0 Å². The molecule has 1 amide bonds. The lowest BCUT2D eigenvalue weighted by Gasteiger charge is -2.16. The number of carboxylic acid groups (broad SMARTS) is 1. The third kappa shape index (κ3) is 8.75. The Bertz CT molecular complexity index is 831. The minimum Gasteiger partial charge on any atom is -0.479 e. The maximum atomic E-state index is 12.3. The number of hydrogen-bond acceptors (Lipinski definition) is 4. The van der Waals surface area contributed by atoms with Gasteiger partial charge in [-0.15, -0.1) is 11.3 Å². The molecule has 1 atom stereocenters. The Morgan fingerprint density at radius 3 is 2.44 bits per heavy atom. The van der Waals surface area contributed by atoms with E-state index in [-0.39, 0.29) is 5.91 Å². The van der Waals surface area contributed by atoms with Gasteiger partial charge in [-0.25, -0.2) is 4.79 Å². The highest BCUT2D eigenvalue weighted by atomic mass is 32.1. The molecule has 0 radical (unpaired) electrons. The number of rotatable bonds is 15. The maximum absolute atomic E-state index is 12.3. The summed E-state index contributed by atoms with van der Waals surface area (Å²) in [6.07, 6.45) is 6.88. The van der Waals surface area contributed by atoms with Crippen LogP contribution in [0.2, 0.25) is 0 Å². The molecule has 0 spiro atoms. The molecule has 2 aromatic rings. The summed E-state index contributed by atoms with van der Waals surface area (Å²) < 4.78 is 5.30. The summed E-state index contributed by atoms with van der Waals surface area (Å²) in [7, 11) is 1.90. The van der Waals surface area contributed by atoms with Gasteiger partial charge in [-0.2, -0.15) is 0 Å². The zero-order chi connectivity index (χ0) is 23.3. The van der Waals surface area contributed by atoms with Gasteiger partial charge in [0.25, 0.3) is 0 Å². The highest BCUT2D eigenvalue weighted by Gasteiger charge is 2.18. The van der Waals surface area contributed by atoms with Crippen molar-refractivity contribution in [2.45, 2.75) is 71.3 Å². The van der Waals surface area contributed by atoms with Gasteiger partial charge in [0.15, 0.2) is 6.10 Å². The quantitative estimate of drug-likeness (QED) is 0.341. The number of carboxylic acids is 1. The molecule has 0 aliphatic carbocycles. The molecule has 1 aromatic carbocycles. The van der Waals surface area contributed by atoms with E-state index in [2.05, 4.69) is 18.4 Å². The summed E-state index contributed by atoms with van der Waals surface area (Å²) in [5.74, 6) is -0.695. The van der Waals surface area contributed by atoms with Crippen molar-refractivity contribution in [1.29, 1.82) is 0 Å². The molecule has 0 bridgehead atoms. The summed E-state index contributed by atoms with van der Waals surface area (Å²) in [5, 5.41) is 11.4. The molecule has 1 heterocycles. The highest BCUT2D eigenvalue weighted by Crippen LogP contribution is 2.27. The molecule has 2 rings (SSSR count). The number of ether oxygens (including phenoxy) is 1. The van der Waals surface area contributed by atoms with Crippen molar-refractivity contribution in [3.05, 3.63) is 46.2 Å². The molecule has 176 valence electrons. The number of benzene rings is 1. The van der Waals surface area contributed by atoms with Gasteiger partial charge >= 0.3 is 5.97 Å². The summed E-state index contributed by atoms with van der Waals surface area (Å²) in [5.41, 5.74) is 3.21. The topological polar surface area (TPSA) is 66.8 Å². The van der Waals surface area contributed by atoms with Gasteiger partial charge in [0.05, 0.1) is 0 Å². The van der Waals surface area contributed by atoms with Crippen LogP contribution in [0.25, 0.3) is 11.1 Å². The monoisotopic (exact) mass is 459 g/mol. The first-order valence-corrected chi connectivity index (χ1v) is 12.6. The molecular weight excluding hydrogens is 422 g/mol. The Kier molecular flexibility index (Phi) is 11.5. The standard InChI is InChI=1S/C26H37NO4S/c1-4-6-7-8-9-10-25(28)27(3)16-15-23-18-22(19-32-23)21-13-11-20(12-14-21)17-24(26(29)30)31-5-2/h11-14,18-19,24H,4-10,15-17H2,1-3H3,(H,29,30)/t24-/m0/s1. The van der Waals surface area contributed by atoms with E-state index in [4.69, 9.17) is 4.74 Å². The fraction of sp³-hybridized carbons (Fsp3) is 0.538. The van der Waals surface area contributed by atoms with Crippen molar-refractivity contribution in [3.8, 4) is 11.1 Å². The first kappa shape index (κ1) is 26.1. The average molecular weight is 460 g/mol. The van der Waals surface area contributed by atoms with E-state index in [0.29, 0.717) is 19.4 Å². The second-order valence-electron chi connectivity index (χ2n) is 8.21. The lowest BCUT2D eigenvalue weighted by molar-refractivity contribution is -0.150. The molecule has 5 nitrogen and oxygen atoms in total. The minimum atomic E-state index is -0.932. The average Bonchev–Trinajstić information content (AvgIpc) is 3.26. The van der Waals surface area contributed by atoms with Crippen molar-refractivity contribution in [1.82, 2.24) is 4.90 Å². The number of thiophene rings is 1. The fourth-order valence-electron chi connectivity index (χ4n) is 3.60. The first-order valence-electron chi connectivity index (χ1n) is 11.7. The third-order valence-electron chi connectivity index (χ3n) is 5.62. The van der Waals surface area contributed by atoms with Gasteiger partial charge in [0.2, 0.25) is 5.91 Å². The Balaban J connectivity index is 1.83. The third-order valence-corrected chi connectivity index (χ3v) is 6.62. The number of unbranched alkanes of at least 4 members (excludes halogenated alkanes) is 4. The largest absolute Gasteiger partial charge is 0.479 e. The van der Waals surface area contributed by atoms with Crippen molar-refractivity contribution < 1.29 is 19.4 Å². The van der Waals surface area contributed by atoms with Crippen LogP contribution in [0, 0.1) is 0 Å². The first-order chi connectivity index (χ1) is 15.4. The van der Waals surface area contributed by atoms with E-state index in [0.717, 1.165) is 42.5 Å². The van der Waals surface area contributed by atoms with Gasteiger partial charge in [-0.1, -0.05) is 56.9 Å². The maximum Gasteiger partial charge on any atom is 0.333 e. The SMILES string of the molecule is CCCCCCCC(=O)N(C)CCc1cc(-c2ccc(C[C@H](OCC)C(=O)O)cc2)cs1. The molecule has 6 heteroatoms. The van der Waals surface area contributed by atoms with Crippen molar-refractivity contribution >= 4 is 23.2 Å². The number of likely N-dealkylation sites (N-methyl/N-ethyl adjacent to an activating group) is 1. The Morgan fingerprint density at radius 2 is 1.78 bits per heavy atom. The smallest absolute Gasteiger partial charge is 0.333 e. The molecule has 32 heavy (non-hydrogen) atoms. The number of hydrogen-bond donors (Lipinski definition) is 1. The lowest BCUT2D eigenvalue weighted by atomic mass is 10.0. The predicted molar refractivity (Wildman–Crippen MR) is 131 cm³/mol. The fourth-order valence-corrected chi connectivity index (χ4v) is 4.49. The Hall–Kier alpha value is -2.18. The van der Waals surface area contributed by atoms with Gasteiger partial charge < -0.3 is 14.7 Å². The molecule has 0 aliphatic heterocycles. The van der Waals surface area contributed by atoms with E-state index in [1.54, 1.807) is 18.3 Å². The normalized spacial score (nSPS) is 12.0. The van der Waals surface area contributed by atoms with Gasteiger partial charge in [-0.3, -0.25) is 4.79 Å². The van der Waals surface area contributed by atoms with Crippen LogP contribution in [0.4, 0.5) is 0 Å². The molecule has 0 saturated carbocycles. The zero-order valence-electron chi connectivity index (χ0n) is 19.6. The number of amides is 1. The number of nitrogens with zero attached hydrogens (tertiary/aromatic N) is 1. The summed E-state index contributed by atoms with van der Waals surface area (Å²) in [4.78, 5) is 26.7. The zero-order valence-corrected chi connectivity index (χ0v) is 20.5. The van der Waals surface area contributed by atoms with Crippen molar-refractivity contribution in [2.75, 3.05) is 20.2 Å².